The topological polar surface area (TPSA) is 72.5 Å². The number of hydrogen-bond donors (Lipinski definition) is 2. The van der Waals surface area contributed by atoms with Gasteiger partial charge in [-0.25, -0.2) is 4.79 Å². The van der Waals surface area contributed by atoms with Gasteiger partial charge in [0.05, 0.1) is 6.61 Å². The van der Waals surface area contributed by atoms with Crippen LogP contribution in [-0.4, -0.2) is 29.3 Å². The zero-order valence-electron chi connectivity index (χ0n) is 9.37. The number of carboxylic acids is 1. The number of nitrogens with two attached hydrogens (primary N) is 1. The second kappa shape index (κ2) is 5.47. The fraction of sp³-hybridized carbons (Fsp3) is 0.909. The van der Waals surface area contributed by atoms with Crippen molar-refractivity contribution >= 4 is 5.97 Å². The highest BCUT2D eigenvalue weighted by Gasteiger charge is 2.31. The van der Waals surface area contributed by atoms with E-state index in [1.165, 1.54) is 0 Å². The molecule has 4 heteroatoms. The Balaban J connectivity index is 2.35. The molecule has 1 aliphatic carbocycles. The molecule has 0 aliphatic heterocycles. The van der Waals surface area contributed by atoms with Gasteiger partial charge in [0.15, 0.2) is 6.10 Å². The molecule has 1 aliphatic rings. The Morgan fingerprint density at radius 3 is 2.60 bits per heavy atom. The van der Waals surface area contributed by atoms with Gasteiger partial charge in [-0.3, -0.25) is 0 Å². The Kier molecular flexibility index (Phi) is 4.54. The lowest BCUT2D eigenvalue weighted by Crippen LogP contribution is -2.43. The molecule has 0 radical (unpaired) electrons. The number of rotatable bonds is 6. The molecule has 0 amide bonds. The van der Waals surface area contributed by atoms with Crippen LogP contribution >= 0.6 is 0 Å². The minimum Gasteiger partial charge on any atom is -0.479 e. The molecule has 0 aromatic rings. The standard InChI is InChI=1S/C11H21NO3/c1-2-5-9(10(13)14)15-8-11(12)6-3-4-7-11/h9H,2-8,12H2,1H3,(H,13,14). The van der Waals surface area contributed by atoms with E-state index in [1.54, 1.807) is 0 Å². The van der Waals surface area contributed by atoms with Crippen LogP contribution in [0.25, 0.3) is 0 Å². The first kappa shape index (κ1) is 12.5. The van der Waals surface area contributed by atoms with Crippen molar-refractivity contribution in [2.45, 2.75) is 57.1 Å². The Morgan fingerprint density at radius 2 is 2.13 bits per heavy atom. The molecule has 3 N–H and O–H groups in total. The van der Waals surface area contributed by atoms with Crippen LogP contribution < -0.4 is 5.73 Å². The molecular weight excluding hydrogens is 194 g/mol. The minimum absolute atomic E-state index is 0.276. The molecule has 0 spiro atoms. The minimum atomic E-state index is -0.876. The molecule has 0 bridgehead atoms. The summed E-state index contributed by atoms with van der Waals surface area (Å²) in [5.74, 6) is -0.876. The van der Waals surface area contributed by atoms with E-state index in [-0.39, 0.29) is 5.54 Å². The van der Waals surface area contributed by atoms with Crippen LogP contribution in [0.4, 0.5) is 0 Å². The maximum atomic E-state index is 10.8. The van der Waals surface area contributed by atoms with E-state index in [2.05, 4.69) is 0 Å². The summed E-state index contributed by atoms with van der Waals surface area (Å²) in [4.78, 5) is 10.8. The maximum Gasteiger partial charge on any atom is 0.332 e. The molecule has 88 valence electrons. The number of carbonyl (C=O) groups is 1. The number of carboxylic acid groups (broad SMARTS) is 1. The summed E-state index contributed by atoms with van der Waals surface area (Å²) in [5, 5.41) is 8.90. The lowest BCUT2D eigenvalue weighted by atomic mass is 10.0. The second-order valence-electron chi connectivity index (χ2n) is 4.50. The van der Waals surface area contributed by atoms with Gasteiger partial charge in [-0.2, -0.15) is 0 Å². The van der Waals surface area contributed by atoms with E-state index in [1.807, 2.05) is 6.92 Å². The predicted molar refractivity (Wildman–Crippen MR) is 57.7 cm³/mol. The first-order chi connectivity index (χ1) is 7.07. The summed E-state index contributed by atoms with van der Waals surface area (Å²) >= 11 is 0. The zero-order chi connectivity index (χ0) is 11.3. The van der Waals surface area contributed by atoms with Crippen LogP contribution in [0.1, 0.15) is 45.4 Å². The van der Waals surface area contributed by atoms with Crippen LogP contribution in [0.2, 0.25) is 0 Å². The predicted octanol–water partition coefficient (Wildman–Crippen LogP) is 1.53. The normalized spacial score (nSPS) is 21.5. The molecule has 0 heterocycles. The Labute approximate surface area is 90.8 Å². The molecule has 4 nitrogen and oxygen atoms in total. The van der Waals surface area contributed by atoms with E-state index in [0.29, 0.717) is 13.0 Å². The van der Waals surface area contributed by atoms with Gasteiger partial charge in [0.1, 0.15) is 0 Å². The third-order valence-electron chi connectivity index (χ3n) is 3.00. The average molecular weight is 215 g/mol. The fourth-order valence-corrected chi connectivity index (χ4v) is 2.03. The molecule has 1 rings (SSSR count). The van der Waals surface area contributed by atoms with Crippen molar-refractivity contribution in [2.75, 3.05) is 6.61 Å². The van der Waals surface area contributed by atoms with E-state index in [4.69, 9.17) is 15.6 Å². The van der Waals surface area contributed by atoms with Crippen LogP contribution in [0.15, 0.2) is 0 Å². The van der Waals surface area contributed by atoms with Gasteiger partial charge in [0.2, 0.25) is 0 Å². The van der Waals surface area contributed by atoms with Crippen molar-refractivity contribution in [3.63, 3.8) is 0 Å². The molecule has 1 saturated carbocycles. The Hall–Kier alpha value is -0.610. The second-order valence-corrected chi connectivity index (χ2v) is 4.50. The fourth-order valence-electron chi connectivity index (χ4n) is 2.03. The van der Waals surface area contributed by atoms with Crippen molar-refractivity contribution in [1.29, 1.82) is 0 Å². The highest BCUT2D eigenvalue weighted by Crippen LogP contribution is 2.27. The molecular formula is C11H21NO3. The van der Waals surface area contributed by atoms with Crippen LogP contribution in [-0.2, 0) is 9.53 Å². The van der Waals surface area contributed by atoms with Crippen LogP contribution in [0, 0.1) is 0 Å². The first-order valence-corrected chi connectivity index (χ1v) is 5.71. The maximum absolute atomic E-state index is 10.8. The number of hydrogen-bond acceptors (Lipinski definition) is 3. The zero-order valence-corrected chi connectivity index (χ0v) is 9.37. The third-order valence-corrected chi connectivity index (χ3v) is 3.00. The summed E-state index contributed by atoms with van der Waals surface area (Å²) in [5.41, 5.74) is 5.81. The van der Waals surface area contributed by atoms with Crippen LogP contribution in [0.5, 0.6) is 0 Å². The molecule has 0 aromatic heterocycles. The molecule has 15 heavy (non-hydrogen) atoms. The summed E-state index contributed by atoms with van der Waals surface area (Å²) in [6.07, 6.45) is 4.85. The summed E-state index contributed by atoms with van der Waals surface area (Å²) in [6, 6.07) is 0. The SMILES string of the molecule is CCCC(OCC1(N)CCCC1)C(=O)O. The molecule has 0 aromatic carbocycles. The van der Waals surface area contributed by atoms with Gasteiger partial charge >= 0.3 is 5.97 Å². The van der Waals surface area contributed by atoms with Crippen molar-refractivity contribution in [3.8, 4) is 0 Å². The molecule has 0 saturated heterocycles. The lowest BCUT2D eigenvalue weighted by Gasteiger charge is -2.25. The van der Waals surface area contributed by atoms with Crippen molar-refractivity contribution < 1.29 is 14.6 Å². The summed E-state index contributed by atoms with van der Waals surface area (Å²) < 4.78 is 5.41. The average Bonchev–Trinajstić information content (AvgIpc) is 2.60. The monoisotopic (exact) mass is 215 g/mol. The van der Waals surface area contributed by atoms with Gasteiger partial charge in [-0.05, 0) is 19.3 Å². The first-order valence-electron chi connectivity index (χ1n) is 5.71. The van der Waals surface area contributed by atoms with E-state index in [9.17, 15) is 4.79 Å². The smallest absolute Gasteiger partial charge is 0.332 e. The van der Waals surface area contributed by atoms with Gasteiger partial charge in [-0.1, -0.05) is 26.2 Å². The highest BCUT2D eigenvalue weighted by atomic mass is 16.5. The van der Waals surface area contributed by atoms with Crippen LogP contribution in [0.3, 0.4) is 0 Å². The van der Waals surface area contributed by atoms with E-state index >= 15 is 0 Å². The lowest BCUT2D eigenvalue weighted by molar-refractivity contribution is -0.152. The van der Waals surface area contributed by atoms with Crippen molar-refractivity contribution in [2.24, 2.45) is 5.73 Å². The van der Waals surface area contributed by atoms with Crippen molar-refractivity contribution in [3.05, 3.63) is 0 Å². The molecule has 1 unspecified atom stereocenters. The molecule has 1 fully saturated rings. The quantitative estimate of drug-likeness (QED) is 0.704. The summed E-state index contributed by atoms with van der Waals surface area (Å²) in [7, 11) is 0. The van der Waals surface area contributed by atoms with Gasteiger partial charge in [-0.15, -0.1) is 0 Å². The third kappa shape index (κ3) is 3.80. The number of ether oxygens (including phenoxy) is 1. The molecule has 1 atom stereocenters. The Bertz CT molecular complexity index is 212. The number of aliphatic carboxylic acids is 1. The summed E-state index contributed by atoms with van der Waals surface area (Å²) in [6.45, 7) is 2.33. The van der Waals surface area contributed by atoms with Gasteiger partial charge in [0, 0.05) is 5.54 Å². The Morgan fingerprint density at radius 1 is 1.53 bits per heavy atom. The van der Waals surface area contributed by atoms with Gasteiger partial charge < -0.3 is 15.6 Å². The van der Waals surface area contributed by atoms with E-state index < -0.39 is 12.1 Å². The van der Waals surface area contributed by atoms with E-state index in [0.717, 1.165) is 32.1 Å². The van der Waals surface area contributed by atoms with Crippen molar-refractivity contribution in [1.82, 2.24) is 0 Å². The highest BCUT2D eigenvalue weighted by molar-refractivity contribution is 5.72. The van der Waals surface area contributed by atoms with Gasteiger partial charge in [0.25, 0.3) is 0 Å². The largest absolute Gasteiger partial charge is 0.479 e.